The Balaban J connectivity index is 2.22. The highest BCUT2D eigenvalue weighted by molar-refractivity contribution is 6.08. The summed E-state index contributed by atoms with van der Waals surface area (Å²) in [4.78, 5) is 24.8. The second-order valence-electron chi connectivity index (χ2n) is 6.07. The van der Waals surface area contributed by atoms with Gasteiger partial charge in [-0.2, -0.15) is 10.2 Å². The number of hydrogen-bond donors (Lipinski definition) is 2. The molecule has 8 nitrogen and oxygen atoms in total. The summed E-state index contributed by atoms with van der Waals surface area (Å²) in [6.07, 6.45) is 3.17. The van der Waals surface area contributed by atoms with Gasteiger partial charge in [0.2, 0.25) is 0 Å². The van der Waals surface area contributed by atoms with Crippen LogP contribution >= 0.6 is 0 Å². The Morgan fingerprint density at radius 3 is 2.54 bits per heavy atom. The SMILES string of the molecule is CCn1cc(NC(=O)c2cnn(C)c2C)c(C(=O)NCC(C)C)n1. The quantitative estimate of drug-likeness (QED) is 0.840. The van der Waals surface area contributed by atoms with Crippen LogP contribution in [0.4, 0.5) is 5.69 Å². The van der Waals surface area contributed by atoms with E-state index in [1.54, 1.807) is 22.6 Å². The molecule has 2 amide bonds. The van der Waals surface area contributed by atoms with Crippen molar-refractivity contribution in [2.45, 2.75) is 34.2 Å². The van der Waals surface area contributed by atoms with Gasteiger partial charge < -0.3 is 10.6 Å². The first-order valence-corrected chi connectivity index (χ1v) is 7.99. The molecule has 2 N–H and O–H groups in total. The molecule has 24 heavy (non-hydrogen) atoms. The van der Waals surface area contributed by atoms with E-state index in [1.165, 1.54) is 6.20 Å². The van der Waals surface area contributed by atoms with Gasteiger partial charge in [-0.15, -0.1) is 0 Å². The third-order valence-corrected chi connectivity index (χ3v) is 3.70. The van der Waals surface area contributed by atoms with Gasteiger partial charge in [0, 0.05) is 32.0 Å². The molecule has 0 saturated carbocycles. The molecule has 0 aliphatic heterocycles. The van der Waals surface area contributed by atoms with Gasteiger partial charge in [-0.1, -0.05) is 13.8 Å². The minimum atomic E-state index is -0.311. The number of nitrogens with one attached hydrogen (secondary N) is 2. The van der Waals surface area contributed by atoms with E-state index in [4.69, 9.17) is 0 Å². The first kappa shape index (κ1) is 17.7. The molecule has 0 radical (unpaired) electrons. The summed E-state index contributed by atoms with van der Waals surface area (Å²) in [7, 11) is 1.77. The largest absolute Gasteiger partial charge is 0.350 e. The number of rotatable bonds is 6. The molecule has 2 heterocycles. The van der Waals surface area contributed by atoms with E-state index < -0.39 is 0 Å². The lowest BCUT2D eigenvalue weighted by Gasteiger charge is -2.08. The second-order valence-corrected chi connectivity index (χ2v) is 6.07. The maximum Gasteiger partial charge on any atom is 0.273 e. The van der Waals surface area contributed by atoms with Crippen LogP contribution in [-0.2, 0) is 13.6 Å². The molecule has 8 heteroatoms. The van der Waals surface area contributed by atoms with Crippen LogP contribution < -0.4 is 10.6 Å². The molecule has 0 fully saturated rings. The van der Waals surface area contributed by atoms with Gasteiger partial charge in [0.15, 0.2) is 5.69 Å². The molecule has 0 atom stereocenters. The maximum atomic E-state index is 12.5. The fourth-order valence-electron chi connectivity index (χ4n) is 2.13. The number of nitrogens with zero attached hydrogens (tertiary/aromatic N) is 4. The van der Waals surface area contributed by atoms with Crippen LogP contribution in [0.5, 0.6) is 0 Å². The summed E-state index contributed by atoms with van der Waals surface area (Å²) in [5.74, 6) is -0.276. The molecule has 0 bridgehead atoms. The molecule has 0 aliphatic carbocycles. The lowest BCUT2D eigenvalue weighted by atomic mass is 10.2. The fraction of sp³-hybridized carbons (Fsp3) is 0.500. The van der Waals surface area contributed by atoms with E-state index in [0.29, 0.717) is 30.3 Å². The van der Waals surface area contributed by atoms with E-state index in [1.807, 2.05) is 27.7 Å². The molecule has 0 aliphatic rings. The Morgan fingerprint density at radius 2 is 2.00 bits per heavy atom. The first-order chi connectivity index (χ1) is 11.3. The van der Waals surface area contributed by atoms with Gasteiger partial charge in [0.25, 0.3) is 11.8 Å². The van der Waals surface area contributed by atoms with Crippen LogP contribution in [0.3, 0.4) is 0 Å². The molecular formula is C16H24N6O2. The Labute approximate surface area is 141 Å². The van der Waals surface area contributed by atoms with Gasteiger partial charge in [-0.05, 0) is 19.8 Å². The van der Waals surface area contributed by atoms with E-state index in [0.717, 1.165) is 5.69 Å². The van der Waals surface area contributed by atoms with Gasteiger partial charge in [0.05, 0.1) is 17.4 Å². The zero-order valence-corrected chi connectivity index (χ0v) is 14.8. The molecule has 2 rings (SSSR count). The summed E-state index contributed by atoms with van der Waals surface area (Å²) < 4.78 is 3.25. The zero-order chi connectivity index (χ0) is 17.9. The van der Waals surface area contributed by atoms with Crippen molar-refractivity contribution < 1.29 is 9.59 Å². The monoisotopic (exact) mass is 332 g/mol. The molecule has 0 spiro atoms. The third-order valence-electron chi connectivity index (χ3n) is 3.70. The predicted molar refractivity (Wildman–Crippen MR) is 91.0 cm³/mol. The minimum Gasteiger partial charge on any atom is -0.350 e. The van der Waals surface area contributed by atoms with Crippen LogP contribution in [0.2, 0.25) is 0 Å². The van der Waals surface area contributed by atoms with Crippen LogP contribution in [0.15, 0.2) is 12.4 Å². The summed E-state index contributed by atoms with van der Waals surface area (Å²) in [6, 6.07) is 0. The van der Waals surface area contributed by atoms with Crippen molar-refractivity contribution in [3.05, 3.63) is 29.3 Å². The van der Waals surface area contributed by atoms with Crippen molar-refractivity contribution in [1.29, 1.82) is 0 Å². The smallest absolute Gasteiger partial charge is 0.273 e. The molecule has 130 valence electrons. The number of hydrogen-bond acceptors (Lipinski definition) is 4. The number of carbonyl (C=O) groups excluding carboxylic acids is 2. The maximum absolute atomic E-state index is 12.5. The number of amides is 2. The van der Waals surface area contributed by atoms with Crippen LogP contribution in [-0.4, -0.2) is 37.9 Å². The van der Waals surface area contributed by atoms with Crippen molar-refractivity contribution >= 4 is 17.5 Å². The number of anilines is 1. The van der Waals surface area contributed by atoms with Gasteiger partial charge >= 0.3 is 0 Å². The van der Waals surface area contributed by atoms with E-state index in [2.05, 4.69) is 20.8 Å². The number of aryl methyl sites for hydroxylation is 2. The van der Waals surface area contributed by atoms with E-state index >= 15 is 0 Å². The molecule has 0 aromatic carbocycles. The Kier molecular flexibility index (Phi) is 5.38. The van der Waals surface area contributed by atoms with E-state index in [-0.39, 0.29) is 17.5 Å². The van der Waals surface area contributed by atoms with Crippen molar-refractivity contribution in [2.24, 2.45) is 13.0 Å². The Bertz CT molecular complexity index is 744. The fourth-order valence-corrected chi connectivity index (χ4v) is 2.13. The van der Waals surface area contributed by atoms with Crippen LogP contribution in [0.25, 0.3) is 0 Å². The summed E-state index contributed by atoms with van der Waals surface area (Å²) in [5, 5.41) is 13.9. The van der Waals surface area contributed by atoms with Crippen molar-refractivity contribution in [1.82, 2.24) is 24.9 Å². The number of carbonyl (C=O) groups is 2. The van der Waals surface area contributed by atoms with Crippen molar-refractivity contribution in [2.75, 3.05) is 11.9 Å². The average molecular weight is 332 g/mol. The zero-order valence-electron chi connectivity index (χ0n) is 14.8. The summed E-state index contributed by atoms with van der Waals surface area (Å²) in [5.41, 5.74) is 1.83. The lowest BCUT2D eigenvalue weighted by molar-refractivity contribution is 0.0944. The normalized spacial score (nSPS) is 10.9. The molecule has 0 saturated heterocycles. The Morgan fingerprint density at radius 1 is 1.29 bits per heavy atom. The predicted octanol–water partition coefficient (Wildman–Crippen LogP) is 1.58. The van der Waals surface area contributed by atoms with Gasteiger partial charge in [0.1, 0.15) is 0 Å². The second kappa shape index (κ2) is 7.29. The van der Waals surface area contributed by atoms with Gasteiger partial charge in [-0.25, -0.2) is 0 Å². The first-order valence-electron chi connectivity index (χ1n) is 7.99. The van der Waals surface area contributed by atoms with Crippen molar-refractivity contribution in [3.63, 3.8) is 0 Å². The summed E-state index contributed by atoms with van der Waals surface area (Å²) in [6.45, 7) is 8.91. The average Bonchev–Trinajstić information content (AvgIpc) is 3.09. The van der Waals surface area contributed by atoms with E-state index in [9.17, 15) is 9.59 Å². The lowest BCUT2D eigenvalue weighted by Crippen LogP contribution is -2.28. The topological polar surface area (TPSA) is 93.8 Å². The highest BCUT2D eigenvalue weighted by Crippen LogP contribution is 2.16. The third kappa shape index (κ3) is 3.81. The molecular weight excluding hydrogens is 308 g/mol. The molecule has 2 aromatic heterocycles. The van der Waals surface area contributed by atoms with Crippen LogP contribution in [0.1, 0.15) is 47.3 Å². The highest BCUT2D eigenvalue weighted by Gasteiger charge is 2.20. The molecule has 2 aromatic rings. The number of aromatic nitrogens is 4. The van der Waals surface area contributed by atoms with Gasteiger partial charge in [-0.3, -0.25) is 19.0 Å². The Hall–Kier alpha value is -2.64. The van der Waals surface area contributed by atoms with Crippen LogP contribution in [0, 0.1) is 12.8 Å². The standard InChI is InChI=1S/C16H24N6O2/c1-6-22-9-13(14(20-22)16(24)17-7-10(2)3)19-15(23)12-8-18-21(5)11(12)4/h8-10H,6-7H2,1-5H3,(H,17,24)(H,19,23). The van der Waals surface area contributed by atoms with Crippen molar-refractivity contribution in [3.8, 4) is 0 Å². The highest BCUT2D eigenvalue weighted by atomic mass is 16.2. The molecule has 0 unspecified atom stereocenters. The minimum absolute atomic E-state index is 0.215. The summed E-state index contributed by atoms with van der Waals surface area (Å²) >= 11 is 0.